The summed E-state index contributed by atoms with van der Waals surface area (Å²) in [5, 5.41) is 14.3. The van der Waals surface area contributed by atoms with Gasteiger partial charge < -0.3 is 5.11 Å². The van der Waals surface area contributed by atoms with Crippen LogP contribution in [0.1, 0.15) is 29.8 Å². The summed E-state index contributed by atoms with van der Waals surface area (Å²) in [6.07, 6.45) is 2.10. The van der Waals surface area contributed by atoms with Crippen molar-refractivity contribution in [2.75, 3.05) is 0 Å². The van der Waals surface area contributed by atoms with Crippen molar-refractivity contribution in [3.05, 3.63) is 79.3 Å². The van der Waals surface area contributed by atoms with E-state index in [9.17, 15) is 14.3 Å². The molecule has 8 heteroatoms. The van der Waals surface area contributed by atoms with E-state index in [0.29, 0.717) is 5.56 Å². The quantitative estimate of drug-likeness (QED) is 0.615. The van der Waals surface area contributed by atoms with E-state index in [2.05, 4.69) is 26.2 Å². The molecular weight excluding hydrogens is 409 g/mol. The van der Waals surface area contributed by atoms with Gasteiger partial charge in [0.05, 0.1) is 21.7 Å². The molecule has 0 radical (unpaired) electrons. The summed E-state index contributed by atoms with van der Waals surface area (Å²) >= 11 is 4.82. The van der Waals surface area contributed by atoms with Gasteiger partial charge in [0.2, 0.25) is 0 Å². The molecule has 0 aliphatic carbocycles. The molecule has 25 heavy (non-hydrogen) atoms. The Balaban J connectivity index is 1.86. The maximum absolute atomic E-state index is 14.0. The van der Waals surface area contributed by atoms with E-state index in [1.165, 1.54) is 46.4 Å². The third kappa shape index (κ3) is 4.04. The highest BCUT2D eigenvalue weighted by molar-refractivity contribution is 9.11. The van der Waals surface area contributed by atoms with Gasteiger partial charge in [-0.05, 0) is 41.1 Å². The van der Waals surface area contributed by atoms with Crippen molar-refractivity contribution in [1.82, 2.24) is 14.9 Å². The zero-order chi connectivity index (χ0) is 18.0. The van der Waals surface area contributed by atoms with E-state index in [-0.39, 0.29) is 17.3 Å². The minimum absolute atomic E-state index is 0.137. The molecule has 2 N–H and O–H groups in total. The predicted octanol–water partition coefficient (Wildman–Crippen LogP) is 3.54. The average molecular weight is 424 g/mol. The first-order valence-electron chi connectivity index (χ1n) is 7.48. The van der Waals surface area contributed by atoms with E-state index >= 15 is 0 Å². The van der Waals surface area contributed by atoms with Gasteiger partial charge in [-0.3, -0.25) is 14.7 Å². The molecule has 2 aromatic heterocycles. The number of halogens is 2. The summed E-state index contributed by atoms with van der Waals surface area (Å²) in [5.41, 5.74) is 0.210. The summed E-state index contributed by atoms with van der Waals surface area (Å²) in [6, 6.07) is 8.62. The van der Waals surface area contributed by atoms with Gasteiger partial charge in [0.15, 0.2) is 0 Å². The number of thiazole rings is 1. The number of para-hydroxylation sites is 1. The van der Waals surface area contributed by atoms with Crippen LogP contribution in [0.4, 0.5) is 4.39 Å². The lowest BCUT2D eigenvalue weighted by Crippen LogP contribution is -2.26. The Hall–Kier alpha value is -1.87. The summed E-state index contributed by atoms with van der Waals surface area (Å²) in [7, 11) is 0. The molecule has 2 heterocycles. The minimum Gasteiger partial charge on any atom is -0.374 e. The number of aliphatic hydroxyl groups excluding tert-OH is 1. The van der Waals surface area contributed by atoms with E-state index < -0.39 is 12.0 Å². The molecule has 5 nitrogen and oxygen atoms in total. The fourth-order valence-corrected chi connectivity index (χ4v) is 3.63. The number of benzene rings is 1. The van der Waals surface area contributed by atoms with Gasteiger partial charge in [-0.25, -0.2) is 9.37 Å². The molecule has 1 unspecified atom stereocenters. The SMILES string of the molecule is C[C@@H](NC(O)c1ccc(=O)n(-c2ccccc2F)c1)c1ncc(Br)s1. The predicted molar refractivity (Wildman–Crippen MR) is 98.3 cm³/mol. The van der Waals surface area contributed by atoms with Crippen LogP contribution in [-0.2, 0) is 0 Å². The van der Waals surface area contributed by atoms with Crippen molar-refractivity contribution >= 4 is 27.3 Å². The zero-order valence-corrected chi connectivity index (χ0v) is 15.6. The third-order valence-corrected chi connectivity index (χ3v) is 5.29. The number of nitrogens with one attached hydrogen (secondary N) is 1. The van der Waals surface area contributed by atoms with Gasteiger partial charge in [-0.2, -0.15) is 0 Å². The molecule has 0 fully saturated rings. The number of pyridine rings is 1. The van der Waals surface area contributed by atoms with Crippen molar-refractivity contribution in [1.29, 1.82) is 0 Å². The Morgan fingerprint density at radius 2 is 2.08 bits per heavy atom. The lowest BCUT2D eigenvalue weighted by atomic mass is 10.2. The number of hydrogen-bond acceptors (Lipinski definition) is 5. The maximum Gasteiger partial charge on any atom is 0.255 e. The molecule has 2 atom stereocenters. The fraction of sp³-hybridized carbons (Fsp3) is 0.176. The highest BCUT2D eigenvalue weighted by Gasteiger charge is 2.17. The standard InChI is InChI=1S/C17H15BrFN3O2S/c1-10(17-20-8-14(18)25-17)21-16(24)11-6-7-15(23)22(9-11)13-5-3-2-4-12(13)19/h2-10,16,21,24H,1H3/t10-,16?/m1/s1. The molecule has 0 spiro atoms. The molecule has 3 aromatic rings. The second-order valence-electron chi connectivity index (χ2n) is 5.42. The van der Waals surface area contributed by atoms with Gasteiger partial charge in [0.25, 0.3) is 5.56 Å². The molecule has 0 bridgehead atoms. The van der Waals surface area contributed by atoms with Crippen LogP contribution in [0.2, 0.25) is 0 Å². The van der Waals surface area contributed by atoms with E-state index in [4.69, 9.17) is 0 Å². The molecule has 0 amide bonds. The second kappa shape index (κ2) is 7.57. The fourth-order valence-electron chi connectivity index (χ4n) is 2.37. The Labute approximate surface area is 155 Å². The van der Waals surface area contributed by atoms with Gasteiger partial charge in [0.1, 0.15) is 17.1 Å². The summed E-state index contributed by atoms with van der Waals surface area (Å²) in [6.45, 7) is 1.88. The number of aliphatic hydroxyl groups is 1. The number of rotatable bonds is 5. The largest absolute Gasteiger partial charge is 0.374 e. The Morgan fingerprint density at radius 1 is 1.32 bits per heavy atom. The smallest absolute Gasteiger partial charge is 0.255 e. The molecule has 0 aliphatic rings. The molecule has 3 rings (SSSR count). The van der Waals surface area contributed by atoms with Crippen LogP contribution in [0, 0.1) is 5.82 Å². The lowest BCUT2D eigenvalue weighted by molar-refractivity contribution is 0.125. The highest BCUT2D eigenvalue weighted by Crippen LogP contribution is 2.25. The van der Waals surface area contributed by atoms with Crippen LogP contribution in [0.5, 0.6) is 0 Å². The van der Waals surface area contributed by atoms with Crippen LogP contribution in [0.25, 0.3) is 5.69 Å². The van der Waals surface area contributed by atoms with Gasteiger partial charge in [-0.15, -0.1) is 11.3 Å². The molecule has 1 aromatic carbocycles. The first kappa shape index (κ1) is 17.9. The normalized spacial score (nSPS) is 13.6. The van der Waals surface area contributed by atoms with Crippen molar-refractivity contribution < 1.29 is 9.50 Å². The van der Waals surface area contributed by atoms with Crippen LogP contribution in [-0.4, -0.2) is 14.7 Å². The van der Waals surface area contributed by atoms with Crippen molar-refractivity contribution in [3.63, 3.8) is 0 Å². The molecule has 0 saturated heterocycles. The van der Waals surface area contributed by atoms with Crippen LogP contribution < -0.4 is 10.9 Å². The zero-order valence-electron chi connectivity index (χ0n) is 13.2. The topological polar surface area (TPSA) is 67.2 Å². The summed E-state index contributed by atoms with van der Waals surface area (Å²) in [5.74, 6) is -0.509. The maximum atomic E-state index is 14.0. The number of hydrogen-bond donors (Lipinski definition) is 2. The van der Waals surface area contributed by atoms with Gasteiger partial charge >= 0.3 is 0 Å². The first-order chi connectivity index (χ1) is 12.0. The van der Waals surface area contributed by atoms with Gasteiger partial charge in [-0.1, -0.05) is 12.1 Å². The monoisotopic (exact) mass is 423 g/mol. The van der Waals surface area contributed by atoms with Crippen LogP contribution >= 0.6 is 27.3 Å². The molecular formula is C17H15BrFN3O2S. The van der Waals surface area contributed by atoms with Crippen LogP contribution in [0.3, 0.4) is 0 Å². The first-order valence-corrected chi connectivity index (χ1v) is 9.09. The van der Waals surface area contributed by atoms with E-state index in [1.807, 2.05) is 6.92 Å². The van der Waals surface area contributed by atoms with E-state index in [0.717, 1.165) is 8.79 Å². The summed E-state index contributed by atoms with van der Waals surface area (Å²) in [4.78, 5) is 16.3. The number of aromatic nitrogens is 2. The van der Waals surface area contributed by atoms with Gasteiger partial charge in [0, 0.05) is 17.8 Å². The minimum atomic E-state index is -1.03. The van der Waals surface area contributed by atoms with Crippen LogP contribution in [0.15, 0.2) is 57.4 Å². The number of nitrogens with zero attached hydrogens (tertiary/aromatic N) is 2. The average Bonchev–Trinajstić information content (AvgIpc) is 3.02. The molecule has 0 saturated carbocycles. The van der Waals surface area contributed by atoms with E-state index in [1.54, 1.807) is 18.3 Å². The van der Waals surface area contributed by atoms with Crippen molar-refractivity contribution in [2.45, 2.75) is 19.2 Å². The Bertz CT molecular complexity index is 943. The molecule has 130 valence electrons. The lowest BCUT2D eigenvalue weighted by Gasteiger charge is -2.18. The highest BCUT2D eigenvalue weighted by atomic mass is 79.9. The third-order valence-electron chi connectivity index (χ3n) is 3.64. The van der Waals surface area contributed by atoms with Crippen molar-refractivity contribution in [3.8, 4) is 5.69 Å². The summed E-state index contributed by atoms with van der Waals surface area (Å²) < 4.78 is 16.1. The molecule has 0 aliphatic heterocycles. The second-order valence-corrected chi connectivity index (χ2v) is 7.86. The Kier molecular flexibility index (Phi) is 5.43. The Morgan fingerprint density at radius 3 is 2.76 bits per heavy atom. The van der Waals surface area contributed by atoms with Crippen molar-refractivity contribution in [2.24, 2.45) is 0 Å².